The van der Waals surface area contributed by atoms with E-state index in [-0.39, 0.29) is 0 Å². The van der Waals surface area contributed by atoms with Gasteiger partial charge < -0.3 is 4.90 Å². The van der Waals surface area contributed by atoms with Crippen LogP contribution in [-0.2, 0) is 11.3 Å². The van der Waals surface area contributed by atoms with Crippen molar-refractivity contribution in [3.05, 3.63) is 35.9 Å². The lowest BCUT2D eigenvalue weighted by Gasteiger charge is -2.31. The summed E-state index contributed by atoms with van der Waals surface area (Å²) in [6.45, 7) is 3.54. The molecule has 0 saturated carbocycles. The summed E-state index contributed by atoms with van der Waals surface area (Å²) >= 11 is 0. The third kappa shape index (κ3) is 4.19. The fourth-order valence-electron chi connectivity index (χ4n) is 3.04. The van der Waals surface area contributed by atoms with Gasteiger partial charge in [0.1, 0.15) is 6.04 Å². The van der Waals surface area contributed by atoms with Crippen LogP contribution in [0.15, 0.2) is 30.3 Å². The van der Waals surface area contributed by atoms with Gasteiger partial charge in [0.25, 0.3) is 5.91 Å². The number of rotatable bonds is 3. The monoisotopic (exact) mass is 396 g/mol. The first-order valence-electron chi connectivity index (χ1n) is 7.97. The standard InChI is InChI=1S/C17H18F6N2O2/c1-15(2,3)25-13(26)11(12(16(18,19)20)17(21,22)23)24(14(25)27)9-10-7-5-4-6-8-10/h4-8,11-12H,9H2,1-3H3. The number of urea groups is 1. The molecule has 1 aliphatic rings. The highest BCUT2D eigenvalue weighted by molar-refractivity contribution is 6.05. The third-order valence-electron chi connectivity index (χ3n) is 4.13. The number of hydrogen-bond donors (Lipinski definition) is 0. The van der Waals surface area contributed by atoms with Gasteiger partial charge in [-0.1, -0.05) is 30.3 Å². The molecule has 1 heterocycles. The van der Waals surface area contributed by atoms with Crippen molar-refractivity contribution in [2.24, 2.45) is 5.92 Å². The SMILES string of the molecule is CC(C)(C)N1C(=O)C(C(C(F)(F)F)C(F)(F)F)N(Cc2ccccc2)C1=O. The molecule has 1 atom stereocenters. The van der Waals surface area contributed by atoms with E-state index in [0.717, 1.165) is 0 Å². The molecule has 150 valence electrons. The number of amides is 3. The van der Waals surface area contributed by atoms with Gasteiger partial charge in [0.15, 0.2) is 5.92 Å². The van der Waals surface area contributed by atoms with Crippen LogP contribution >= 0.6 is 0 Å². The Morgan fingerprint density at radius 1 is 0.926 bits per heavy atom. The molecule has 0 bridgehead atoms. The minimum Gasteiger partial charge on any atom is -0.307 e. The zero-order valence-corrected chi connectivity index (χ0v) is 14.7. The number of benzene rings is 1. The van der Waals surface area contributed by atoms with Crippen LogP contribution in [-0.4, -0.2) is 45.7 Å². The quantitative estimate of drug-likeness (QED) is 0.563. The Labute approximate surface area is 151 Å². The van der Waals surface area contributed by atoms with Gasteiger partial charge in [0, 0.05) is 12.1 Å². The van der Waals surface area contributed by atoms with Crippen LogP contribution in [0.1, 0.15) is 26.3 Å². The van der Waals surface area contributed by atoms with Gasteiger partial charge in [0.2, 0.25) is 0 Å². The molecule has 27 heavy (non-hydrogen) atoms. The van der Waals surface area contributed by atoms with E-state index in [0.29, 0.717) is 15.4 Å². The van der Waals surface area contributed by atoms with Gasteiger partial charge in [-0.15, -0.1) is 0 Å². The van der Waals surface area contributed by atoms with Crippen molar-refractivity contribution in [3.63, 3.8) is 0 Å². The lowest BCUT2D eigenvalue weighted by atomic mass is 9.95. The summed E-state index contributed by atoms with van der Waals surface area (Å²) in [5.74, 6) is -5.49. The van der Waals surface area contributed by atoms with E-state index in [9.17, 15) is 35.9 Å². The minimum absolute atomic E-state index is 0.308. The lowest BCUT2D eigenvalue weighted by Crippen LogP contribution is -2.53. The second-order valence-electron chi connectivity index (χ2n) is 7.25. The molecule has 3 amide bonds. The van der Waals surface area contributed by atoms with E-state index in [1.54, 1.807) is 6.07 Å². The number of carbonyl (C=O) groups excluding carboxylic acids is 2. The highest BCUT2D eigenvalue weighted by atomic mass is 19.4. The van der Waals surface area contributed by atoms with Crippen molar-refractivity contribution >= 4 is 11.9 Å². The van der Waals surface area contributed by atoms with Crippen molar-refractivity contribution in [2.45, 2.75) is 51.2 Å². The van der Waals surface area contributed by atoms with Crippen LogP contribution in [0.25, 0.3) is 0 Å². The number of hydrogen-bond acceptors (Lipinski definition) is 2. The molecule has 0 aliphatic carbocycles. The maximum atomic E-state index is 13.3. The van der Waals surface area contributed by atoms with Gasteiger partial charge >= 0.3 is 18.4 Å². The zero-order valence-electron chi connectivity index (χ0n) is 14.7. The molecule has 4 nitrogen and oxygen atoms in total. The second-order valence-corrected chi connectivity index (χ2v) is 7.25. The summed E-state index contributed by atoms with van der Waals surface area (Å²) in [4.78, 5) is 26.0. The maximum absolute atomic E-state index is 13.3. The number of halogens is 6. The van der Waals surface area contributed by atoms with Crippen LogP contribution in [0, 0.1) is 5.92 Å². The van der Waals surface area contributed by atoms with Crippen molar-refractivity contribution in [2.75, 3.05) is 0 Å². The van der Waals surface area contributed by atoms with E-state index < -0.39 is 48.3 Å². The van der Waals surface area contributed by atoms with Crippen molar-refractivity contribution in [1.29, 1.82) is 0 Å². The summed E-state index contributed by atoms with van der Waals surface area (Å²) in [6.07, 6.45) is -11.5. The topological polar surface area (TPSA) is 40.6 Å². The van der Waals surface area contributed by atoms with E-state index in [1.165, 1.54) is 45.0 Å². The van der Waals surface area contributed by atoms with Gasteiger partial charge in [-0.25, -0.2) is 4.79 Å². The van der Waals surface area contributed by atoms with Gasteiger partial charge in [-0.05, 0) is 26.3 Å². The molecule has 0 N–H and O–H groups in total. The number of alkyl halides is 6. The Kier molecular flexibility index (Phi) is 5.24. The molecule has 1 unspecified atom stereocenters. The zero-order chi connectivity index (χ0) is 20.8. The highest BCUT2D eigenvalue weighted by Crippen LogP contribution is 2.46. The highest BCUT2D eigenvalue weighted by Gasteiger charge is 2.67. The smallest absolute Gasteiger partial charge is 0.307 e. The molecule has 1 aromatic carbocycles. The fraction of sp³-hybridized carbons (Fsp3) is 0.529. The second kappa shape index (κ2) is 6.72. The van der Waals surface area contributed by atoms with Gasteiger partial charge in [-0.2, -0.15) is 26.3 Å². The van der Waals surface area contributed by atoms with Gasteiger partial charge in [-0.3, -0.25) is 9.69 Å². The van der Waals surface area contributed by atoms with E-state index in [4.69, 9.17) is 0 Å². The molecular weight excluding hydrogens is 378 g/mol. The number of nitrogens with zero attached hydrogens (tertiary/aromatic N) is 2. The average Bonchev–Trinajstić information content (AvgIpc) is 2.69. The molecule has 0 aromatic heterocycles. The maximum Gasteiger partial charge on any atom is 0.403 e. The molecule has 0 radical (unpaired) electrons. The average molecular weight is 396 g/mol. The van der Waals surface area contributed by atoms with Crippen LogP contribution in [0.4, 0.5) is 31.1 Å². The summed E-state index contributed by atoms with van der Waals surface area (Å²) in [6, 6.07) is 3.67. The van der Waals surface area contributed by atoms with Crippen LogP contribution in [0.5, 0.6) is 0 Å². The molecule has 1 fully saturated rings. The minimum atomic E-state index is -5.75. The number of carbonyl (C=O) groups is 2. The first-order valence-corrected chi connectivity index (χ1v) is 7.97. The summed E-state index contributed by atoms with van der Waals surface area (Å²) in [5.41, 5.74) is -0.970. The van der Waals surface area contributed by atoms with Crippen molar-refractivity contribution in [1.82, 2.24) is 9.80 Å². The third-order valence-corrected chi connectivity index (χ3v) is 4.13. The molecule has 1 aromatic rings. The van der Waals surface area contributed by atoms with E-state index >= 15 is 0 Å². The molecule has 0 spiro atoms. The van der Waals surface area contributed by atoms with Crippen LogP contribution in [0.2, 0.25) is 0 Å². The Balaban J connectivity index is 2.57. The molecule has 1 saturated heterocycles. The summed E-state index contributed by atoms with van der Waals surface area (Å²) < 4.78 is 79.7. The van der Waals surface area contributed by atoms with Crippen molar-refractivity contribution < 1.29 is 35.9 Å². The van der Waals surface area contributed by atoms with Gasteiger partial charge in [0.05, 0.1) is 0 Å². The first kappa shape index (κ1) is 21.0. The Bertz CT molecular complexity index is 695. The van der Waals surface area contributed by atoms with E-state index in [2.05, 4.69) is 0 Å². The van der Waals surface area contributed by atoms with Crippen LogP contribution < -0.4 is 0 Å². The lowest BCUT2D eigenvalue weighted by molar-refractivity contribution is -0.294. The molecule has 2 rings (SSSR count). The molecular formula is C17H18F6N2O2. The summed E-state index contributed by atoms with van der Waals surface area (Å²) in [5, 5.41) is 0. The normalized spacial score (nSPS) is 19.4. The first-order chi connectivity index (χ1) is 12.2. The molecule has 10 heteroatoms. The predicted molar refractivity (Wildman–Crippen MR) is 83.4 cm³/mol. The fourth-order valence-corrected chi connectivity index (χ4v) is 3.04. The Morgan fingerprint density at radius 3 is 1.81 bits per heavy atom. The van der Waals surface area contributed by atoms with Crippen LogP contribution in [0.3, 0.4) is 0 Å². The summed E-state index contributed by atoms with van der Waals surface area (Å²) in [7, 11) is 0. The van der Waals surface area contributed by atoms with E-state index in [1.807, 2.05) is 0 Å². The number of imide groups is 1. The molecule has 1 aliphatic heterocycles. The largest absolute Gasteiger partial charge is 0.403 e. The Morgan fingerprint density at radius 2 is 1.41 bits per heavy atom. The predicted octanol–water partition coefficient (Wildman–Crippen LogP) is 4.36. The van der Waals surface area contributed by atoms with Crippen molar-refractivity contribution in [3.8, 4) is 0 Å². The Hall–Kier alpha value is -2.26.